The lowest BCUT2D eigenvalue weighted by molar-refractivity contribution is -0.137. The van der Waals surface area contributed by atoms with Gasteiger partial charge >= 0.3 is 6.18 Å². The first kappa shape index (κ1) is 26.8. The second-order valence-corrected chi connectivity index (χ2v) is 9.27. The van der Waals surface area contributed by atoms with Gasteiger partial charge in [0.05, 0.1) is 16.3 Å². The number of hydrogen-bond acceptors (Lipinski definition) is 4. The smallest absolute Gasteiger partial charge is 0.350 e. The number of imide groups is 1. The number of anilines is 3. The van der Waals surface area contributed by atoms with Gasteiger partial charge in [-0.3, -0.25) is 14.4 Å². The Morgan fingerprint density at radius 2 is 1.38 bits per heavy atom. The molecular formula is C24H12Cl4F3N3O3. The van der Waals surface area contributed by atoms with E-state index in [9.17, 15) is 27.6 Å². The fraction of sp³-hybridized carbons (Fsp3) is 0.0417. The third kappa shape index (κ3) is 5.70. The van der Waals surface area contributed by atoms with Crippen molar-refractivity contribution in [1.29, 1.82) is 0 Å². The monoisotopic (exact) mass is 587 g/mol. The molecule has 0 atom stereocenters. The molecule has 190 valence electrons. The summed E-state index contributed by atoms with van der Waals surface area (Å²) in [5, 5.41) is 4.67. The minimum Gasteiger partial charge on any atom is -0.350 e. The molecule has 3 amide bonds. The van der Waals surface area contributed by atoms with Crippen molar-refractivity contribution in [3.8, 4) is 0 Å². The molecule has 0 aliphatic carbocycles. The SMILES string of the molecule is O=C(Nc1ccc(Cl)c(C(F)(F)F)c1)c1ccc(NC2=C(Cl)C(=O)N(c3cc(Cl)cc(Cl)c3)C2=O)cc1. The zero-order chi connectivity index (χ0) is 27.1. The van der Waals surface area contributed by atoms with Gasteiger partial charge in [0, 0.05) is 27.0 Å². The van der Waals surface area contributed by atoms with E-state index in [1.54, 1.807) is 0 Å². The van der Waals surface area contributed by atoms with E-state index in [4.69, 9.17) is 46.4 Å². The molecule has 4 rings (SSSR count). The van der Waals surface area contributed by atoms with Crippen LogP contribution in [0.4, 0.5) is 30.2 Å². The van der Waals surface area contributed by atoms with Crippen LogP contribution in [-0.2, 0) is 15.8 Å². The molecule has 0 fully saturated rings. The van der Waals surface area contributed by atoms with Crippen molar-refractivity contribution in [2.24, 2.45) is 0 Å². The molecule has 37 heavy (non-hydrogen) atoms. The molecular weight excluding hydrogens is 577 g/mol. The molecule has 1 heterocycles. The van der Waals surface area contributed by atoms with Crippen LogP contribution in [0.5, 0.6) is 0 Å². The summed E-state index contributed by atoms with van der Waals surface area (Å²) in [6.45, 7) is 0. The molecule has 3 aromatic rings. The first-order chi connectivity index (χ1) is 17.3. The van der Waals surface area contributed by atoms with E-state index in [1.807, 2.05) is 0 Å². The van der Waals surface area contributed by atoms with Gasteiger partial charge in [-0.25, -0.2) is 4.90 Å². The second kappa shape index (κ2) is 10.3. The summed E-state index contributed by atoms with van der Waals surface area (Å²) in [6, 6.07) is 12.8. The van der Waals surface area contributed by atoms with Crippen LogP contribution >= 0.6 is 46.4 Å². The Labute approximate surface area is 227 Å². The molecule has 0 saturated heterocycles. The first-order valence-corrected chi connectivity index (χ1v) is 11.7. The zero-order valence-electron chi connectivity index (χ0n) is 18.1. The molecule has 0 saturated carbocycles. The van der Waals surface area contributed by atoms with E-state index >= 15 is 0 Å². The number of nitrogens with one attached hydrogen (secondary N) is 2. The predicted octanol–water partition coefficient (Wildman–Crippen LogP) is 7.35. The fourth-order valence-corrected chi connectivity index (χ4v) is 4.34. The first-order valence-electron chi connectivity index (χ1n) is 10.1. The number of rotatable bonds is 5. The molecule has 1 aliphatic rings. The predicted molar refractivity (Wildman–Crippen MR) is 136 cm³/mol. The number of amides is 3. The largest absolute Gasteiger partial charge is 0.417 e. The van der Waals surface area contributed by atoms with Gasteiger partial charge in [0.2, 0.25) is 0 Å². The Kier molecular flexibility index (Phi) is 7.43. The van der Waals surface area contributed by atoms with E-state index in [1.165, 1.54) is 48.5 Å². The second-order valence-electron chi connectivity index (χ2n) is 7.61. The highest BCUT2D eigenvalue weighted by Crippen LogP contribution is 2.36. The van der Waals surface area contributed by atoms with Crippen LogP contribution in [-0.4, -0.2) is 17.7 Å². The third-order valence-corrected chi connectivity index (χ3v) is 6.20. The van der Waals surface area contributed by atoms with Gasteiger partial charge in [0.25, 0.3) is 17.7 Å². The van der Waals surface area contributed by atoms with Gasteiger partial charge in [-0.15, -0.1) is 0 Å². The Balaban J connectivity index is 1.49. The summed E-state index contributed by atoms with van der Waals surface area (Å²) in [7, 11) is 0. The maximum atomic E-state index is 13.1. The Morgan fingerprint density at radius 1 is 0.784 bits per heavy atom. The van der Waals surface area contributed by atoms with E-state index in [-0.39, 0.29) is 37.7 Å². The molecule has 13 heteroatoms. The highest BCUT2D eigenvalue weighted by molar-refractivity contribution is 6.53. The van der Waals surface area contributed by atoms with Crippen molar-refractivity contribution in [2.75, 3.05) is 15.5 Å². The molecule has 0 spiro atoms. The van der Waals surface area contributed by atoms with Gasteiger partial charge in [-0.1, -0.05) is 46.4 Å². The normalized spacial score (nSPS) is 13.9. The molecule has 2 N–H and O–H groups in total. The molecule has 0 radical (unpaired) electrons. The van der Waals surface area contributed by atoms with Crippen molar-refractivity contribution in [3.05, 3.63) is 97.6 Å². The minimum absolute atomic E-state index is 0.0999. The van der Waals surface area contributed by atoms with Crippen molar-refractivity contribution >= 4 is 81.2 Å². The van der Waals surface area contributed by atoms with Crippen molar-refractivity contribution in [3.63, 3.8) is 0 Å². The molecule has 0 unspecified atom stereocenters. The third-order valence-electron chi connectivity index (χ3n) is 5.08. The number of carbonyl (C=O) groups is 3. The lowest BCUT2D eigenvalue weighted by Crippen LogP contribution is -2.32. The standard InChI is InChI=1S/C24H12Cl4F3N3O3/c25-12-7-13(26)9-16(8-12)34-22(36)19(28)20(23(34)37)32-14-3-1-11(2-4-14)21(35)33-15-5-6-18(27)17(10-15)24(29,30)31/h1-10,32H,(H,33,35). The number of halogens is 7. The van der Waals surface area contributed by atoms with E-state index in [0.717, 1.165) is 17.0 Å². The van der Waals surface area contributed by atoms with Crippen LogP contribution in [0.1, 0.15) is 15.9 Å². The maximum absolute atomic E-state index is 13.1. The summed E-state index contributed by atoms with van der Waals surface area (Å²) in [4.78, 5) is 38.9. The van der Waals surface area contributed by atoms with E-state index in [0.29, 0.717) is 5.69 Å². The highest BCUT2D eigenvalue weighted by atomic mass is 35.5. The van der Waals surface area contributed by atoms with Crippen molar-refractivity contribution in [2.45, 2.75) is 6.18 Å². The highest BCUT2D eigenvalue weighted by Gasteiger charge is 2.39. The number of nitrogens with zero attached hydrogens (tertiary/aromatic N) is 1. The molecule has 3 aromatic carbocycles. The van der Waals surface area contributed by atoms with Gasteiger partial charge in [-0.2, -0.15) is 13.2 Å². The van der Waals surface area contributed by atoms with Gasteiger partial charge < -0.3 is 10.6 Å². The summed E-state index contributed by atoms with van der Waals surface area (Å²) in [6.07, 6.45) is -4.69. The van der Waals surface area contributed by atoms with E-state index in [2.05, 4.69) is 10.6 Å². The Bertz CT molecular complexity index is 1450. The van der Waals surface area contributed by atoms with Crippen LogP contribution in [0.2, 0.25) is 15.1 Å². The summed E-state index contributed by atoms with van der Waals surface area (Å²) >= 11 is 23.6. The number of alkyl halides is 3. The fourth-order valence-electron chi connectivity index (χ4n) is 3.39. The molecule has 0 bridgehead atoms. The summed E-state index contributed by atoms with van der Waals surface area (Å²) in [5.41, 5.74) is -0.842. The minimum atomic E-state index is -4.69. The Hall–Kier alpha value is -3.24. The number of benzene rings is 3. The Morgan fingerprint density at radius 3 is 1.97 bits per heavy atom. The summed E-state index contributed by atoms with van der Waals surface area (Å²) in [5.74, 6) is -2.22. The van der Waals surface area contributed by atoms with Crippen LogP contribution in [0.15, 0.2) is 71.4 Å². The average molecular weight is 589 g/mol. The van der Waals surface area contributed by atoms with Crippen LogP contribution < -0.4 is 15.5 Å². The van der Waals surface area contributed by atoms with Gasteiger partial charge in [0.15, 0.2) is 0 Å². The average Bonchev–Trinajstić information content (AvgIpc) is 3.02. The lowest BCUT2D eigenvalue weighted by atomic mass is 10.1. The van der Waals surface area contributed by atoms with Crippen LogP contribution in [0.3, 0.4) is 0 Å². The zero-order valence-corrected chi connectivity index (χ0v) is 21.1. The van der Waals surface area contributed by atoms with E-state index < -0.39 is 34.5 Å². The number of hydrogen-bond donors (Lipinski definition) is 2. The van der Waals surface area contributed by atoms with Crippen LogP contribution in [0.25, 0.3) is 0 Å². The van der Waals surface area contributed by atoms with Crippen LogP contribution in [0, 0.1) is 0 Å². The van der Waals surface area contributed by atoms with Gasteiger partial charge in [0.1, 0.15) is 10.7 Å². The topological polar surface area (TPSA) is 78.5 Å². The lowest BCUT2D eigenvalue weighted by Gasteiger charge is -2.16. The molecule has 6 nitrogen and oxygen atoms in total. The van der Waals surface area contributed by atoms with Crippen molar-refractivity contribution in [1.82, 2.24) is 0 Å². The molecule has 0 aromatic heterocycles. The van der Waals surface area contributed by atoms with Crippen molar-refractivity contribution < 1.29 is 27.6 Å². The maximum Gasteiger partial charge on any atom is 0.417 e. The quantitative estimate of drug-likeness (QED) is 0.305. The van der Waals surface area contributed by atoms with Gasteiger partial charge in [-0.05, 0) is 60.7 Å². The summed E-state index contributed by atoms with van der Waals surface area (Å²) < 4.78 is 39.2. The number of carbonyl (C=O) groups excluding carboxylic acids is 3. The molecule has 1 aliphatic heterocycles.